The van der Waals surface area contributed by atoms with Crippen molar-refractivity contribution in [1.29, 1.82) is 0 Å². The first-order valence-electron chi connectivity index (χ1n) is 13.4. The number of rotatable bonds is 5. The van der Waals surface area contributed by atoms with E-state index in [1.54, 1.807) is 0 Å². The van der Waals surface area contributed by atoms with Crippen LogP contribution in [0.1, 0.15) is 70.4 Å². The quantitative estimate of drug-likeness (QED) is 0.484. The van der Waals surface area contributed by atoms with E-state index < -0.39 is 5.60 Å². The van der Waals surface area contributed by atoms with Gasteiger partial charge in [-0.15, -0.1) is 22.7 Å². The van der Waals surface area contributed by atoms with E-state index in [1.165, 1.54) is 37.2 Å². The zero-order chi connectivity index (χ0) is 26.2. The van der Waals surface area contributed by atoms with Gasteiger partial charge in [0.25, 0.3) is 0 Å². The summed E-state index contributed by atoms with van der Waals surface area (Å²) in [6.07, 6.45) is 4.95. The molecule has 0 unspecified atom stereocenters. The summed E-state index contributed by atoms with van der Waals surface area (Å²) in [6, 6.07) is -0.276. The van der Waals surface area contributed by atoms with Crippen molar-refractivity contribution < 1.29 is 14.3 Å². The first-order valence-corrected chi connectivity index (χ1v) is 15.0. The second-order valence-electron chi connectivity index (χ2n) is 11.2. The van der Waals surface area contributed by atoms with Gasteiger partial charge < -0.3 is 25.2 Å². The Morgan fingerprint density at radius 3 is 2.51 bits per heavy atom. The molecule has 37 heavy (non-hydrogen) atoms. The summed E-state index contributed by atoms with van der Waals surface area (Å²) < 4.78 is 5.72. The normalized spacial score (nSPS) is 18.2. The highest BCUT2D eigenvalue weighted by molar-refractivity contribution is 7.17. The highest BCUT2D eigenvalue weighted by Crippen LogP contribution is 2.40. The highest BCUT2D eigenvalue weighted by atomic mass is 32.1. The van der Waals surface area contributed by atoms with Crippen molar-refractivity contribution in [3.8, 4) is 0 Å². The first-order chi connectivity index (χ1) is 17.7. The number of carbonyl (C=O) groups is 2. The lowest BCUT2D eigenvalue weighted by molar-refractivity contribution is 0.00699. The number of ether oxygens (including phenoxy) is 1. The molecule has 1 fully saturated rings. The summed E-state index contributed by atoms with van der Waals surface area (Å²) in [7, 11) is 2.17. The van der Waals surface area contributed by atoms with E-state index in [9.17, 15) is 9.59 Å². The average molecular weight is 546 g/mol. The summed E-state index contributed by atoms with van der Waals surface area (Å²) in [4.78, 5) is 33.7. The summed E-state index contributed by atoms with van der Waals surface area (Å²) >= 11 is 3.39. The van der Waals surface area contributed by atoms with Crippen LogP contribution in [0.3, 0.4) is 0 Å². The van der Waals surface area contributed by atoms with E-state index in [1.807, 2.05) is 32.1 Å². The molecule has 2 amide bonds. The van der Waals surface area contributed by atoms with E-state index in [0.29, 0.717) is 17.1 Å². The van der Waals surface area contributed by atoms with Crippen molar-refractivity contribution >= 4 is 44.7 Å². The lowest BCUT2D eigenvalue weighted by Crippen LogP contribution is -2.44. The van der Waals surface area contributed by atoms with Crippen molar-refractivity contribution in [3.63, 3.8) is 0 Å². The third-order valence-corrected chi connectivity index (χ3v) is 9.78. The number of amides is 2. The Balaban J connectivity index is 1.33. The average Bonchev–Trinajstić information content (AvgIpc) is 3.40. The van der Waals surface area contributed by atoms with Gasteiger partial charge in [-0.25, -0.2) is 9.59 Å². The Hall–Kier alpha value is -2.14. The molecule has 2 aromatic rings. The fourth-order valence-electron chi connectivity index (χ4n) is 5.35. The van der Waals surface area contributed by atoms with Gasteiger partial charge in [0.1, 0.15) is 10.6 Å². The van der Waals surface area contributed by atoms with Gasteiger partial charge in [-0.05, 0) is 77.6 Å². The number of nitrogens with one attached hydrogen (secondary N) is 3. The van der Waals surface area contributed by atoms with Crippen molar-refractivity contribution in [1.82, 2.24) is 15.5 Å². The Kier molecular flexibility index (Phi) is 7.81. The van der Waals surface area contributed by atoms with Crippen molar-refractivity contribution in [3.05, 3.63) is 32.0 Å². The number of likely N-dealkylation sites (N-methyl/N-ethyl adjacent to an activating group) is 1. The summed E-state index contributed by atoms with van der Waals surface area (Å²) in [5.41, 5.74) is 3.64. The predicted molar refractivity (Wildman–Crippen MR) is 151 cm³/mol. The number of anilines is 2. The number of aryl methyl sites for hydroxylation is 1. The minimum atomic E-state index is -0.591. The Labute approximate surface area is 227 Å². The van der Waals surface area contributed by atoms with Crippen LogP contribution < -0.4 is 20.9 Å². The number of urea groups is 1. The zero-order valence-electron chi connectivity index (χ0n) is 22.4. The summed E-state index contributed by atoms with van der Waals surface area (Å²) in [6.45, 7) is 12.1. The van der Waals surface area contributed by atoms with Crippen LogP contribution in [0, 0.1) is 0 Å². The maximum absolute atomic E-state index is 13.2. The molecular formula is C27H39N5O3S2. The van der Waals surface area contributed by atoms with E-state index in [-0.39, 0.29) is 12.0 Å². The van der Waals surface area contributed by atoms with Crippen LogP contribution >= 0.6 is 22.7 Å². The first kappa shape index (κ1) is 26.5. The van der Waals surface area contributed by atoms with E-state index >= 15 is 0 Å². The standard InChI is InChI=1S/C27H39N5O3S2/c1-27(2,3)35-25(33)22-18-7-5-6-8-20(18)36-23(22)30-26(34)29-15-19-17-9-10-28-16-21(17)37-24(19)32-13-11-31(4)12-14-32/h28H,5-16H2,1-4H3,(H2,29,30,34). The summed E-state index contributed by atoms with van der Waals surface area (Å²) in [5.74, 6) is -0.348. The fourth-order valence-corrected chi connectivity index (χ4v) is 8.01. The molecule has 4 heterocycles. The van der Waals surface area contributed by atoms with Gasteiger partial charge in [-0.2, -0.15) is 0 Å². The molecule has 3 aliphatic rings. The van der Waals surface area contributed by atoms with Crippen molar-refractivity contribution in [2.45, 2.75) is 71.6 Å². The topological polar surface area (TPSA) is 85.9 Å². The fraction of sp³-hybridized carbons (Fsp3) is 0.630. The van der Waals surface area contributed by atoms with Gasteiger partial charge >= 0.3 is 12.0 Å². The van der Waals surface area contributed by atoms with Gasteiger partial charge in [0.2, 0.25) is 0 Å². The van der Waals surface area contributed by atoms with Crippen molar-refractivity contribution in [2.24, 2.45) is 0 Å². The molecule has 8 nitrogen and oxygen atoms in total. The largest absolute Gasteiger partial charge is 0.456 e. The number of hydrogen-bond acceptors (Lipinski definition) is 8. The smallest absolute Gasteiger partial charge is 0.341 e. The third-order valence-electron chi connectivity index (χ3n) is 7.23. The van der Waals surface area contributed by atoms with Crippen molar-refractivity contribution in [2.75, 3.05) is 50.0 Å². The number of esters is 1. The van der Waals surface area contributed by atoms with Gasteiger partial charge in [0.05, 0.1) is 10.6 Å². The van der Waals surface area contributed by atoms with Gasteiger partial charge in [-0.3, -0.25) is 5.32 Å². The van der Waals surface area contributed by atoms with Crippen LogP contribution in [0.25, 0.3) is 0 Å². The molecule has 0 aromatic carbocycles. The molecule has 0 bridgehead atoms. The SMILES string of the molecule is CN1CCN(c2sc3c(c2CNC(=O)Nc2sc4c(c2C(=O)OC(C)(C)C)CCCC4)CCNC3)CC1. The molecular weight excluding hydrogens is 506 g/mol. The van der Waals surface area contributed by atoms with E-state index in [4.69, 9.17) is 4.74 Å². The highest BCUT2D eigenvalue weighted by Gasteiger charge is 2.30. The Morgan fingerprint density at radius 2 is 1.76 bits per heavy atom. The minimum absolute atomic E-state index is 0.276. The number of hydrogen-bond donors (Lipinski definition) is 3. The van der Waals surface area contributed by atoms with Crippen LogP contribution in [-0.4, -0.2) is 62.3 Å². The lowest BCUT2D eigenvalue weighted by Gasteiger charge is -2.34. The molecule has 10 heteroatoms. The van der Waals surface area contributed by atoms with E-state index in [0.717, 1.165) is 76.9 Å². The maximum Gasteiger partial charge on any atom is 0.341 e. The minimum Gasteiger partial charge on any atom is -0.456 e. The number of fused-ring (bicyclic) bond motifs is 2. The molecule has 202 valence electrons. The monoisotopic (exact) mass is 545 g/mol. The molecule has 0 spiro atoms. The molecule has 5 rings (SSSR count). The van der Waals surface area contributed by atoms with Crippen LogP contribution in [-0.2, 0) is 37.1 Å². The maximum atomic E-state index is 13.2. The van der Waals surface area contributed by atoms with Gasteiger partial charge in [-0.1, -0.05) is 0 Å². The predicted octanol–water partition coefficient (Wildman–Crippen LogP) is 4.36. The number of nitrogens with zero attached hydrogens (tertiary/aromatic N) is 2. The molecule has 2 aliphatic heterocycles. The summed E-state index contributed by atoms with van der Waals surface area (Å²) in [5, 5.41) is 11.5. The molecule has 0 radical (unpaired) electrons. The van der Waals surface area contributed by atoms with E-state index in [2.05, 4.69) is 32.8 Å². The van der Waals surface area contributed by atoms with Crippen LogP contribution in [0.5, 0.6) is 0 Å². The second kappa shape index (κ2) is 10.9. The van der Waals surface area contributed by atoms with Crippen LogP contribution in [0.2, 0.25) is 0 Å². The Morgan fingerprint density at radius 1 is 1.00 bits per heavy atom. The van der Waals surface area contributed by atoms with Crippen LogP contribution in [0.4, 0.5) is 14.8 Å². The molecule has 2 aromatic heterocycles. The third kappa shape index (κ3) is 5.97. The number of piperazine rings is 1. The molecule has 0 saturated carbocycles. The number of carbonyl (C=O) groups excluding carboxylic acids is 2. The Bertz CT molecular complexity index is 1160. The second-order valence-corrected chi connectivity index (χ2v) is 13.4. The van der Waals surface area contributed by atoms with Gasteiger partial charge in [0, 0.05) is 54.6 Å². The molecule has 1 saturated heterocycles. The van der Waals surface area contributed by atoms with Crippen LogP contribution in [0.15, 0.2) is 0 Å². The number of thiophene rings is 2. The molecule has 3 N–H and O–H groups in total. The lowest BCUT2D eigenvalue weighted by atomic mass is 9.95. The molecule has 0 atom stereocenters. The molecule has 1 aliphatic carbocycles. The zero-order valence-corrected chi connectivity index (χ0v) is 24.1. The van der Waals surface area contributed by atoms with Gasteiger partial charge in [0.15, 0.2) is 0 Å².